The third-order valence-corrected chi connectivity index (χ3v) is 6.97. The molecule has 0 spiro atoms. The first-order valence-electron chi connectivity index (χ1n) is 10.6. The highest BCUT2D eigenvalue weighted by atomic mass is 35.5. The number of rotatable bonds is 2. The summed E-state index contributed by atoms with van der Waals surface area (Å²) >= 11 is 6.46. The quantitative estimate of drug-likeness (QED) is 0.389. The van der Waals surface area contributed by atoms with Crippen LogP contribution in [0.2, 0.25) is 5.02 Å². The Balaban J connectivity index is 1.59. The van der Waals surface area contributed by atoms with Crippen molar-refractivity contribution in [3.05, 3.63) is 106 Å². The number of amides is 1. The average Bonchev–Trinajstić information content (AvgIpc) is 3.21. The van der Waals surface area contributed by atoms with Crippen molar-refractivity contribution in [1.82, 2.24) is 0 Å². The Labute approximate surface area is 186 Å². The molecule has 1 atom stereocenters. The van der Waals surface area contributed by atoms with Gasteiger partial charge in [0.2, 0.25) is 0 Å². The number of hydrogen-bond donors (Lipinski definition) is 1. The number of halogens is 1. The minimum absolute atomic E-state index is 0.0254. The van der Waals surface area contributed by atoms with E-state index >= 15 is 0 Å². The molecule has 0 bridgehead atoms. The fourth-order valence-corrected chi connectivity index (χ4v) is 5.15. The molecule has 152 valence electrons. The number of carbonyl (C=O) groups excluding carboxylic acids is 1. The number of aryl methyl sites for hydroxylation is 3. The van der Waals surface area contributed by atoms with E-state index in [-0.39, 0.29) is 12.1 Å². The third kappa shape index (κ3) is 2.77. The maximum Gasteiger partial charge on any atom is 0.262 e. The van der Waals surface area contributed by atoms with Gasteiger partial charge in [-0.1, -0.05) is 60.1 Å². The van der Waals surface area contributed by atoms with Gasteiger partial charge in [-0.25, -0.2) is 0 Å². The Morgan fingerprint density at radius 1 is 0.935 bits per heavy atom. The largest absolute Gasteiger partial charge is 0.360 e. The highest BCUT2D eigenvalue weighted by molar-refractivity contribution is 6.31. The van der Waals surface area contributed by atoms with Crippen LogP contribution in [0.1, 0.15) is 38.8 Å². The van der Waals surface area contributed by atoms with Crippen molar-refractivity contribution in [2.75, 3.05) is 10.2 Å². The molecular weight excluding hydrogens is 404 g/mol. The predicted molar refractivity (Wildman–Crippen MR) is 127 cm³/mol. The van der Waals surface area contributed by atoms with Crippen molar-refractivity contribution in [2.24, 2.45) is 0 Å². The minimum Gasteiger partial charge on any atom is -0.360 e. The molecule has 1 aliphatic heterocycles. The van der Waals surface area contributed by atoms with Gasteiger partial charge in [0, 0.05) is 22.0 Å². The van der Waals surface area contributed by atoms with Crippen LogP contribution < -0.4 is 10.2 Å². The van der Waals surface area contributed by atoms with Gasteiger partial charge in [-0.15, -0.1) is 0 Å². The monoisotopic (exact) mass is 424 g/mol. The van der Waals surface area contributed by atoms with Crippen molar-refractivity contribution in [3.8, 4) is 0 Å². The Kier molecular flexibility index (Phi) is 4.09. The maximum absolute atomic E-state index is 13.7. The Morgan fingerprint density at radius 3 is 2.58 bits per heavy atom. The van der Waals surface area contributed by atoms with Crippen LogP contribution in [0, 0.1) is 6.92 Å². The molecule has 3 nitrogen and oxygen atoms in total. The molecule has 6 rings (SSSR count). The lowest BCUT2D eigenvalue weighted by atomic mass is 9.95. The summed E-state index contributed by atoms with van der Waals surface area (Å²) < 4.78 is 0. The first kappa shape index (κ1) is 18.5. The molecule has 1 N–H and O–H groups in total. The molecule has 4 aromatic rings. The van der Waals surface area contributed by atoms with Crippen LogP contribution in [0.25, 0.3) is 10.8 Å². The fraction of sp³-hybridized carbons (Fsp3) is 0.148. The predicted octanol–water partition coefficient (Wildman–Crippen LogP) is 6.67. The normalized spacial score (nSPS) is 17.0. The van der Waals surface area contributed by atoms with Crippen molar-refractivity contribution in [1.29, 1.82) is 0 Å². The zero-order valence-corrected chi connectivity index (χ0v) is 17.9. The van der Waals surface area contributed by atoms with E-state index < -0.39 is 0 Å². The standard InChI is InChI=1S/C27H21ClN2O/c1-16-9-13-19(15-23(16)28)30-26(29-24-8-3-2-6-22(24)27(30)31)21-14-12-18-11-10-17-5-4-7-20(21)25(17)18/h2-9,12-15,26,29H,10-11H2,1H3. The van der Waals surface area contributed by atoms with E-state index in [1.165, 1.54) is 21.9 Å². The number of para-hydroxylation sites is 1. The van der Waals surface area contributed by atoms with Crippen molar-refractivity contribution >= 4 is 39.7 Å². The van der Waals surface area contributed by atoms with Gasteiger partial charge in [0.15, 0.2) is 0 Å². The lowest BCUT2D eigenvalue weighted by Crippen LogP contribution is -2.43. The van der Waals surface area contributed by atoms with Crippen molar-refractivity contribution in [2.45, 2.75) is 25.9 Å². The van der Waals surface area contributed by atoms with Crippen molar-refractivity contribution < 1.29 is 4.79 Å². The number of hydrogen-bond acceptors (Lipinski definition) is 2. The van der Waals surface area contributed by atoms with Gasteiger partial charge in [0.25, 0.3) is 5.91 Å². The van der Waals surface area contributed by atoms with Crippen LogP contribution >= 0.6 is 11.6 Å². The summed E-state index contributed by atoms with van der Waals surface area (Å²) in [6.45, 7) is 1.97. The highest BCUT2D eigenvalue weighted by Crippen LogP contribution is 2.42. The first-order chi connectivity index (χ1) is 15.1. The fourth-order valence-electron chi connectivity index (χ4n) is 4.98. The Hall–Kier alpha value is -3.30. The average molecular weight is 425 g/mol. The molecule has 0 aromatic heterocycles. The van der Waals surface area contributed by atoms with Crippen LogP contribution in [0.15, 0.2) is 72.8 Å². The lowest BCUT2D eigenvalue weighted by molar-refractivity contribution is 0.0975. The zero-order chi connectivity index (χ0) is 21.1. The van der Waals surface area contributed by atoms with Gasteiger partial charge < -0.3 is 5.32 Å². The minimum atomic E-state index is -0.328. The summed E-state index contributed by atoms with van der Waals surface area (Å²) in [5.41, 5.74) is 7.18. The van der Waals surface area contributed by atoms with Gasteiger partial charge in [-0.05, 0) is 71.5 Å². The molecule has 0 fully saturated rings. The molecule has 0 saturated carbocycles. The molecule has 4 aromatic carbocycles. The molecule has 1 aliphatic carbocycles. The highest BCUT2D eigenvalue weighted by Gasteiger charge is 2.35. The molecule has 0 radical (unpaired) electrons. The van der Waals surface area contributed by atoms with E-state index in [0.29, 0.717) is 10.6 Å². The van der Waals surface area contributed by atoms with Crippen LogP contribution in [0.4, 0.5) is 11.4 Å². The molecular formula is C27H21ClN2O. The van der Waals surface area contributed by atoms with Crippen molar-refractivity contribution in [3.63, 3.8) is 0 Å². The second-order valence-electron chi connectivity index (χ2n) is 8.35. The maximum atomic E-state index is 13.7. The first-order valence-corrected chi connectivity index (χ1v) is 11.0. The second kappa shape index (κ2) is 6.86. The smallest absolute Gasteiger partial charge is 0.262 e. The van der Waals surface area contributed by atoms with E-state index in [1.807, 2.05) is 54.3 Å². The molecule has 31 heavy (non-hydrogen) atoms. The second-order valence-corrected chi connectivity index (χ2v) is 8.76. The van der Waals surface area contributed by atoms with Gasteiger partial charge in [-0.2, -0.15) is 0 Å². The topological polar surface area (TPSA) is 32.3 Å². The number of fused-ring (bicyclic) bond motifs is 1. The molecule has 1 unspecified atom stereocenters. The summed E-state index contributed by atoms with van der Waals surface area (Å²) in [4.78, 5) is 15.6. The number of carbonyl (C=O) groups is 1. The number of benzene rings is 4. The van der Waals surface area contributed by atoms with E-state index in [1.54, 1.807) is 0 Å². The Bertz CT molecular complexity index is 1370. The van der Waals surface area contributed by atoms with Crippen LogP contribution in [0.5, 0.6) is 0 Å². The summed E-state index contributed by atoms with van der Waals surface area (Å²) in [6.07, 6.45) is 1.83. The van der Waals surface area contributed by atoms with Gasteiger partial charge in [-0.3, -0.25) is 9.69 Å². The number of nitrogens with zero attached hydrogens (tertiary/aromatic N) is 1. The molecule has 2 aliphatic rings. The van der Waals surface area contributed by atoms with E-state index in [0.717, 1.165) is 35.3 Å². The number of anilines is 2. The summed E-state index contributed by atoms with van der Waals surface area (Å²) in [5.74, 6) is -0.0254. The van der Waals surface area contributed by atoms with E-state index in [9.17, 15) is 4.79 Å². The van der Waals surface area contributed by atoms with Crippen LogP contribution in [-0.2, 0) is 12.8 Å². The van der Waals surface area contributed by atoms with Gasteiger partial charge in [0.1, 0.15) is 6.17 Å². The van der Waals surface area contributed by atoms with E-state index in [4.69, 9.17) is 11.6 Å². The van der Waals surface area contributed by atoms with E-state index in [2.05, 4.69) is 35.6 Å². The Morgan fingerprint density at radius 2 is 1.74 bits per heavy atom. The summed E-state index contributed by atoms with van der Waals surface area (Å²) in [5, 5.41) is 6.85. The zero-order valence-electron chi connectivity index (χ0n) is 17.2. The summed E-state index contributed by atoms with van der Waals surface area (Å²) in [6, 6.07) is 24.5. The third-order valence-electron chi connectivity index (χ3n) is 6.57. The SMILES string of the molecule is Cc1ccc(N2C(=O)c3ccccc3NC2c2ccc3c4c(cccc24)CC3)cc1Cl. The van der Waals surface area contributed by atoms with Crippen LogP contribution in [-0.4, -0.2) is 5.91 Å². The van der Waals surface area contributed by atoms with Crippen LogP contribution in [0.3, 0.4) is 0 Å². The summed E-state index contributed by atoms with van der Waals surface area (Å²) in [7, 11) is 0. The lowest BCUT2D eigenvalue weighted by Gasteiger charge is -2.39. The number of nitrogens with one attached hydrogen (secondary N) is 1. The molecule has 4 heteroatoms. The van der Waals surface area contributed by atoms with Gasteiger partial charge >= 0.3 is 0 Å². The van der Waals surface area contributed by atoms with Gasteiger partial charge in [0.05, 0.1) is 5.56 Å². The molecule has 1 amide bonds. The molecule has 1 heterocycles. The molecule has 0 saturated heterocycles.